The number of benzene rings is 1. The first-order chi connectivity index (χ1) is 11.6. The molecule has 0 radical (unpaired) electrons. The summed E-state index contributed by atoms with van der Waals surface area (Å²) in [6.07, 6.45) is 2.37. The molecule has 0 bridgehead atoms. The van der Waals surface area contributed by atoms with Gasteiger partial charge < -0.3 is 14.9 Å². The zero-order valence-corrected chi connectivity index (χ0v) is 13.5. The monoisotopic (exact) mass is 342 g/mol. The highest BCUT2D eigenvalue weighted by Gasteiger charge is 2.28. The zero-order valence-electron chi connectivity index (χ0n) is 12.8. The van der Waals surface area contributed by atoms with E-state index in [1.165, 1.54) is 4.90 Å². The molecular weight excluding hydrogens is 328 g/mol. The fourth-order valence-corrected chi connectivity index (χ4v) is 2.49. The van der Waals surface area contributed by atoms with Gasteiger partial charge in [0.15, 0.2) is 0 Å². The molecule has 1 fully saturated rings. The molecule has 2 aromatic rings. The van der Waals surface area contributed by atoms with Gasteiger partial charge >= 0.3 is 0 Å². The summed E-state index contributed by atoms with van der Waals surface area (Å²) in [4.78, 5) is 23.6. The number of aliphatic hydroxyl groups is 1. The molecular formula is C17H15ClN4O2. The van der Waals surface area contributed by atoms with Crippen molar-refractivity contribution in [2.75, 3.05) is 24.5 Å². The van der Waals surface area contributed by atoms with Gasteiger partial charge in [-0.25, -0.2) is 9.97 Å². The lowest BCUT2D eigenvalue weighted by Crippen LogP contribution is -2.55. The summed E-state index contributed by atoms with van der Waals surface area (Å²) in [5.41, 5.74) is 0.713. The predicted octanol–water partition coefficient (Wildman–Crippen LogP) is 1.15. The number of carbonyl (C=O) groups is 1. The molecule has 1 aliphatic rings. The number of nitrogens with zero attached hydrogens (tertiary/aromatic N) is 4. The molecule has 1 aliphatic heterocycles. The summed E-state index contributed by atoms with van der Waals surface area (Å²) in [5, 5.41) is 10.9. The molecule has 122 valence electrons. The lowest BCUT2D eigenvalue weighted by atomic mass is 10.2. The molecule has 1 amide bonds. The van der Waals surface area contributed by atoms with E-state index in [0.717, 1.165) is 0 Å². The van der Waals surface area contributed by atoms with Crippen molar-refractivity contribution in [3.8, 4) is 11.8 Å². The molecule has 0 saturated carbocycles. The van der Waals surface area contributed by atoms with E-state index < -0.39 is 6.23 Å². The largest absolute Gasteiger partial charge is 0.372 e. The number of β-amino-alcohol motifs (C(OH)–C–C–N with tert-alkyl or cyclic N) is 1. The smallest absolute Gasteiger partial charge is 0.299 e. The second-order valence-electron chi connectivity index (χ2n) is 5.23. The van der Waals surface area contributed by atoms with Crippen molar-refractivity contribution in [3.63, 3.8) is 0 Å². The van der Waals surface area contributed by atoms with E-state index in [1.54, 1.807) is 47.6 Å². The topological polar surface area (TPSA) is 69.6 Å². The molecule has 7 heteroatoms. The van der Waals surface area contributed by atoms with Crippen LogP contribution in [0.25, 0.3) is 0 Å². The summed E-state index contributed by atoms with van der Waals surface area (Å²) in [5.74, 6) is 5.53. The molecule has 1 N–H and O–H groups in total. The quantitative estimate of drug-likeness (QED) is 0.787. The van der Waals surface area contributed by atoms with Crippen LogP contribution in [0.1, 0.15) is 5.56 Å². The molecule has 0 aliphatic carbocycles. The Morgan fingerprint density at radius 3 is 2.58 bits per heavy atom. The van der Waals surface area contributed by atoms with Crippen molar-refractivity contribution in [3.05, 3.63) is 53.3 Å². The van der Waals surface area contributed by atoms with Crippen molar-refractivity contribution < 1.29 is 9.90 Å². The van der Waals surface area contributed by atoms with Gasteiger partial charge in [0, 0.05) is 42.0 Å². The molecule has 0 spiro atoms. The highest BCUT2D eigenvalue weighted by Crippen LogP contribution is 2.14. The van der Waals surface area contributed by atoms with E-state index >= 15 is 0 Å². The number of hydrogen-bond acceptors (Lipinski definition) is 5. The van der Waals surface area contributed by atoms with Crippen LogP contribution in [-0.2, 0) is 4.79 Å². The minimum absolute atomic E-state index is 0.159. The van der Waals surface area contributed by atoms with Gasteiger partial charge in [-0.15, -0.1) is 0 Å². The number of hydrogen-bond donors (Lipinski definition) is 1. The number of aliphatic hydroxyl groups excluding tert-OH is 1. The molecule has 1 unspecified atom stereocenters. The lowest BCUT2D eigenvalue weighted by molar-refractivity contribution is -0.127. The van der Waals surface area contributed by atoms with Crippen molar-refractivity contribution in [2.45, 2.75) is 6.23 Å². The first kappa shape index (κ1) is 16.2. The third-order valence-electron chi connectivity index (χ3n) is 3.61. The summed E-state index contributed by atoms with van der Waals surface area (Å²) in [7, 11) is 0. The van der Waals surface area contributed by atoms with E-state index in [4.69, 9.17) is 11.6 Å². The highest BCUT2D eigenvalue weighted by atomic mass is 35.5. The van der Waals surface area contributed by atoms with Crippen molar-refractivity contribution >= 4 is 23.5 Å². The second kappa shape index (κ2) is 7.30. The van der Waals surface area contributed by atoms with Gasteiger partial charge in [0.1, 0.15) is 6.23 Å². The molecule has 1 aromatic carbocycles. The predicted molar refractivity (Wildman–Crippen MR) is 90.3 cm³/mol. The fraction of sp³-hybridized carbons (Fsp3) is 0.235. The van der Waals surface area contributed by atoms with E-state index in [-0.39, 0.29) is 12.5 Å². The van der Waals surface area contributed by atoms with Crippen LogP contribution in [0, 0.1) is 11.8 Å². The van der Waals surface area contributed by atoms with Gasteiger partial charge in [0.05, 0.1) is 6.54 Å². The summed E-state index contributed by atoms with van der Waals surface area (Å²) in [6, 6.07) is 8.66. The number of aromatic nitrogens is 2. The number of piperazine rings is 1. The van der Waals surface area contributed by atoms with Crippen LogP contribution in [0.3, 0.4) is 0 Å². The van der Waals surface area contributed by atoms with Crippen LogP contribution in [-0.4, -0.2) is 51.7 Å². The van der Waals surface area contributed by atoms with Crippen LogP contribution < -0.4 is 4.90 Å². The van der Waals surface area contributed by atoms with Gasteiger partial charge in [-0.2, -0.15) is 0 Å². The number of rotatable bonds is 1. The maximum atomic E-state index is 12.2. The van der Waals surface area contributed by atoms with Crippen LogP contribution >= 0.6 is 11.6 Å². The standard InChI is InChI=1S/C17H15ClN4O2/c18-14-5-2-13(3-6-14)4-7-15(23)21-10-11-22(16(24)12-21)17-19-8-1-9-20-17/h1-3,5-6,8-9,16,24H,10-12H2. The van der Waals surface area contributed by atoms with Crippen LogP contribution in [0.4, 0.5) is 5.95 Å². The SMILES string of the molecule is O=C(C#Cc1ccc(Cl)cc1)N1CCN(c2ncccn2)C(O)C1. The average Bonchev–Trinajstić information content (AvgIpc) is 2.61. The molecule has 1 aromatic heterocycles. The van der Waals surface area contributed by atoms with Crippen molar-refractivity contribution in [1.82, 2.24) is 14.9 Å². The van der Waals surface area contributed by atoms with Crippen LogP contribution in [0.2, 0.25) is 5.02 Å². The van der Waals surface area contributed by atoms with Crippen LogP contribution in [0.15, 0.2) is 42.7 Å². The van der Waals surface area contributed by atoms with Crippen molar-refractivity contribution in [2.24, 2.45) is 0 Å². The van der Waals surface area contributed by atoms with E-state index in [2.05, 4.69) is 21.8 Å². The highest BCUT2D eigenvalue weighted by molar-refractivity contribution is 6.30. The van der Waals surface area contributed by atoms with E-state index in [0.29, 0.717) is 29.6 Å². The number of halogens is 1. The Balaban J connectivity index is 1.63. The Kier molecular flexibility index (Phi) is 4.94. The minimum Gasteiger partial charge on any atom is -0.372 e. The van der Waals surface area contributed by atoms with Gasteiger partial charge in [0.25, 0.3) is 5.91 Å². The number of amides is 1. The molecule has 1 saturated heterocycles. The van der Waals surface area contributed by atoms with Gasteiger partial charge in [0.2, 0.25) is 5.95 Å². The van der Waals surface area contributed by atoms with Gasteiger partial charge in [-0.05, 0) is 30.3 Å². The maximum absolute atomic E-state index is 12.2. The Morgan fingerprint density at radius 1 is 1.21 bits per heavy atom. The number of anilines is 1. The summed E-state index contributed by atoms with van der Waals surface area (Å²) in [6.45, 7) is 1.05. The Hall–Kier alpha value is -2.62. The Bertz CT molecular complexity index is 771. The molecule has 1 atom stereocenters. The molecule has 3 rings (SSSR count). The summed E-state index contributed by atoms with van der Waals surface area (Å²) < 4.78 is 0. The van der Waals surface area contributed by atoms with Gasteiger partial charge in [-0.1, -0.05) is 17.5 Å². The second-order valence-corrected chi connectivity index (χ2v) is 5.67. The third kappa shape index (κ3) is 3.82. The Labute approximate surface area is 144 Å². The molecule has 6 nitrogen and oxygen atoms in total. The zero-order chi connectivity index (χ0) is 16.9. The number of carbonyl (C=O) groups excluding carboxylic acids is 1. The normalized spacial score (nSPS) is 17.2. The first-order valence-corrected chi connectivity index (χ1v) is 7.79. The Morgan fingerprint density at radius 2 is 1.92 bits per heavy atom. The van der Waals surface area contributed by atoms with E-state index in [9.17, 15) is 9.90 Å². The summed E-state index contributed by atoms with van der Waals surface area (Å²) >= 11 is 5.81. The van der Waals surface area contributed by atoms with Gasteiger partial charge in [-0.3, -0.25) is 4.79 Å². The van der Waals surface area contributed by atoms with Crippen molar-refractivity contribution in [1.29, 1.82) is 0 Å². The third-order valence-corrected chi connectivity index (χ3v) is 3.86. The average molecular weight is 343 g/mol. The maximum Gasteiger partial charge on any atom is 0.299 e. The first-order valence-electron chi connectivity index (χ1n) is 7.42. The molecule has 24 heavy (non-hydrogen) atoms. The minimum atomic E-state index is -0.859. The molecule has 2 heterocycles. The lowest BCUT2D eigenvalue weighted by Gasteiger charge is -2.37. The van der Waals surface area contributed by atoms with Crippen LogP contribution in [0.5, 0.6) is 0 Å². The fourth-order valence-electron chi connectivity index (χ4n) is 2.36. The van der Waals surface area contributed by atoms with E-state index in [1.807, 2.05) is 0 Å².